The Hall–Kier alpha value is -5.99. The third-order valence-corrected chi connectivity index (χ3v) is 11.1. The molecule has 2 aromatic heterocycles. The summed E-state index contributed by atoms with van der Waals surface area (Å²) in [5.41, 5.74) is 17.5. The normalized spacial score (nSPS) is 15.3. The fourth-order valence-electron chi connectivity index (χ4n) is 9.13. The Morgan fingerprint density at radius 1 is 0.521 bits per heavy atom. The predicted octanol–water partition coefficient (Wildman–Crippen LogP) is 11.6. The zero-order chi connectivity index (χ0) is 31.4. The minimum Gasteiger partial charge on any atom is -0.361 e. The summed E-state index contributed by atoms with van der Waals surface area (Å²) in [6, 6.07) is 49.4. The quantitative estimate of drug-likeness (QED) is 0.194. The fourth-order valence-corrected chi connectivity index (χ4v) is 9.13. The molecule has 2 heterocycles. The van der Waals surface area contributed by atoms with Crippen molar-refractivity contribution in [1.82, 2.24) is 9.97 Å². The maximum absolute atomic E-state index is 5.37. The molecule has 1 N–H and O–H groups in total. The van der Waals surface area contributed by atoms with Crippen LogP contribution in [0.3, 0.4) is 0 Å². The number of hydrogen-bond donors (Lipinski definition) is 1. The van der Waals surface area contributed by atoms with E-state index in [4.69, 9.17) is 4.98 Å². The van der Waals surface area contributed by atoms with Crippen molar-refractivity contribution in [3.8, 4) is 33.5 Å². The van der Waals surface area contributed by atoms with E-state index in [0.717, 1.165) is 29.6 Å². The van der Waals surface area contributed by atoms with Gasteiger partial charge in [0.25, 0.3) is 0 Å². The summed E-state index contributed by atoms with van der Waals surface area (Å²) in [5.74, 6) is 0. The first-order valence-electron chi connectivity index (χ1n) is 17.0. The third-order valence-electron chi connectivity index (χ3n) is 11.1. The van der Waals surface area contributed by atoms with Gasteiger partial charge in [-0.1, -0.05) is 121 Å². The van der Waals surface area contributed by atoms with Crippen LogP contribution in [0.2, 0.25) is 0 Å². The molecule has 0 aliphatic heterocycles. The monoisotopic (exact) mass is 610 g/mol. The standard InChI is InChI=1S/C46H30N2/c1-5-16-39-32(11-1)33-12-2-6-17-40(33)46(39)41-18-7-3-13-34(41)37-26-38-36(27-42(37)46)35-14-4-8-19-43(35)48-45(38)30-22-20-28(21-23-30)31-15-9-10-29-24-25-47-44(29)31/h1-2,4-6,8-27,47H,3,7H2. The van der Waals surface area contributed by atoms with Gasteiger partial charge in [0, 0.05) is 28.1 Å². The minimum atomic E-state index is -0.325. The van der Waals surface area contributed by atoms with E-state index in [1.165, 1.54) is 82.7 Å². The van der Waals surface area contributed by atoms with Crippen LogP contribution >= 0.6 is 0 Å². The summed E-state index contributed by atoms with van der Waals surface area (Å²) in [5, 5.41) is 4.88. The number of H-pyrrole nitrogens is 1. The molecule has 2 nitrogen and oxygen atoms in total. The number of nitrogens with one attached hydrogen (secondary N) is 1. The SMILES string of the molecule is C1=C2C(=CCC1)C1(c3cc4c(cc32)c(-c2ccc(-c3cccc5cc[nH]c35)cc2)nc2ccccc24)c2ccccc2-c2ccccc21. The van der Waals surface area contributed by atoms with Crippen molar-refractivity contribution in [2.75, 3.05) is 0 Å². The average Bonchev–Trinajstić information content (AvgIpc) is 3.84. The van der Waals surface area contributed by atoms with Gasteiger partial charge in [-0.25, -0.2) is 4.98 Å². The molecule has 3 aliphatic rings. The number of benzene rings is 6. The van der Waals surface area contributed by atoms with Crippen LogP contribution in [-0.2, 0) is 5.41 Å². The van der Waals surface area contributed by atoms with E-state index in [0.29, 0.717) is 0 Å². The van der Waals surface area contributed by atoms with Crippen molar-refractivity contribution in [3.05, 3.63) is 180 Å². The van der Waals surface area contributed by atoms with Gasteiger partial charge in [-0.05, 0) is 98.0 Å². The number of aromatic nitrogens is 2. The number of para-hydroxylation sites is 2. The van der Waals surface area contributed by atoms with E-state index < -0.39 is 0 Å². The van der Waals surface area contributed by atoms with E-state index in [-0.39, 0.29) is 5.41 Å². The van der Waals surface area contributed by atoms with E-state index in [1.54, 1.807) is 0 Å². The second-order valence-corrected chi connectivity index (χ2v) is 13.4. The van der Waals surface area contributed by atoms with E-state index in [1.807, 2.05) is 6.20 Å². The van der Waals surface area contributed by atoms with Crippen molar-refractivity contribution < 1.29 is 0 Å². The number of nitrogens with zero attached hydrogens (tertiary/aromatic N) is 1. The van der Waals surface area contributed by atoms with Gasteiger partial charge in [0.2, 0.25) is 0 Å². The van der Waals surface area contributed by atoms with Gasteiger partial charge in [-0.2, -0.15) is 0 Å². The molecule has 2 heteroatoms. The lowest BCUT2D eigenvalue weighted by molar-refractivity contribution is 0.783. The lowest BCUT2D eigenvalue weighted by atomic mass is 9.69. The molecule has 0 unspecified atom stereocenters. The molecule has 0 saturated heterocycles. The summed E-state index contributed by atoms with van der Waals surface area (Å²) in [4.78, 5) is 8.80. The van der Waals surface area contributed by atoms with Crippen LogP contribution in [0.15, 0.2) is 157 Å². The van der Waals surface area contributed by atoms with Gasteiger partial charge in [0.1, 0.15) is 0 Å². The molecule has 11 rings (SSSR count). The van der Waals surface area contributed by atoms with Gasteiger partial charge in [0.15, 0.2) is 0 Å². The van der Waals surface area contributed by atoms with Crippen LogP contribution in [0.25, 0.3) is 71.7 Å². The summed E-state index contributed by atoms with van der Waals surface area (Å²) in [6.07, 6.45) is 9.16. The highest BCUT2D eigenvalue weighted by Gasteiger charge is 2.53. The lowest BCUT2D eigenvalue weighted by Gasteiger charge is -2.32. The summed E-state index contributed by atoms with van der Waals surface area (Å²) >= 11 is 0. The molecular weight excluding hydrogens is 581 g/mol. The van der Waals surface area contributed by atoms with Crippen LogP contribution in [0, 0.1) is 0 Å². The zero-order valence-corrected chi connectivity index (χ0v) is 26.3. The first-order valence-corrected chi connectivity index (χ1v) is 17.0. The Balaban J connectivity index is 1.20. The highest BCUT2D eigenvalue weighted by molar-refractivity contribution is 6.14. The van der Waals surface area contributed by atoms with Gasteiger partial charge < -0.3 is 4.98 Å². The summed E-state index contributed by atoms with van der Waals surface area (Å²) in [6.45, 7) is 0. The first kappa shape index (κ1) is 26.1. The number of aromatic amines is 1. The minimum absolute atomic E-state index is 0.325. The molecule has 1 spiro atoms. The van der Waals surface area contributed by atoms with Crippen molar-refractivity contribution in [2.24, 2.45) is 0 Å². The van der Waals surface area contributed by atoms with Crippen LogP contribution in [0.4, 0.5) is 0 Å². The van der Waals surface area contributed by atoms with E-state index in [2.05, 4.69) is 151 Å². The predicted molar refractivity (Wildman–Crippen MR) is 199 cm³/mol. The van der Waals surface area contributed by atoms with Crippen molar-refractivity contribution in [2.45, 2.75) is 18.3 Å². The molecule has 0 atom stereocenters. The molecule has 0 saturated carbocycles. The van der Waals surface area contributed by atoms with Crippen molar-refractivity contribution in [3.63, 3.8) is 0 Å². The molecule has 3 aliphatic carbocycles. The zero-order valence-electron chi connectivity index (χ0n) is 26.3. The maximum atomic E-state index is 5.37. The number of fused-ring (bicyclic) bond motifs is 14. The van der Waals surface area contributed by atoms with Crippen LogP contribution in [0.5, 0.6) is 0 Å². The Morgan fingerprint density at radius 2 is 1.23 bits per heavy atom. The van der Waals surface area contributed by atoms with Crippen molar-refractivity contribution >= 4 is 38.2 Å². The fraction of sp³-hybridized carbons (Fsp3) is 0.0652. The van der Waals surface area contributed by atoms with Crippen LogP contribution in [-0.4, -0.2) is 9.97 Å². The van der Waals surface area contributed by atoms with Crippen LogP contribution in [0.1, 0.15) is 35.1 Å². The Kier molecular flexibility index (Phi) is 5.18. The van der Waals surface area contributed by atoms with Gasteiger partial charge in [0.05, 0.1) is 22.1 Å². The third kappa shape index (κ3) is 3.29. The highest BCUT2D eigenvalue weighted by Crippen LogP contribution is 2.65. The number of pyridine rings is 1. The van der Waals surface area contributed by atoms with Crippen molar-refractivity contribution in [1.29, 1.82) is 0 Å². The molecule has 0 amide bonds. The largest absolute Gasteiger partial charge is 0.361 e. The average molecular weight is 611 g/mol. The van der Waals surface area contributed by atoms with Gasteiger partial charge in [-0.3, -0.25) is 0 Å². The Labute approximate surface area is 278 Å². The van der Waals surface area contributed by atoms with Gasteiger partial charge >= 0.3 is 0 Å². The number of allylic oxidation sites excluding steroid dienone is 4. The molecule has 0 bridgehead atoms. The van der Waals surface area contributed by atoms with Gasteiger partial charge in [-0.15, -0.1) is 0 Å². The van der Waals surface area contributed by atoms with E-state index >= 15 is 0 Å². The molecule has 0 fully saturated rings. The molecule has 224 valence electrons. The number of rotatable bonds is 2. The van der Waals surface area contributed by atoms with E-state index in [9.17, 15) is 0 Å². The second kappa shape index (κ2) is 9.53. The topological polar surface area (TPSA) is 28.7 Å². The maximum Gasteiger partial charge on any atom is 0.0788 e. The lowest BCUT2D eigenvalue weighted by Crippen LogP contribution is -2.26. The Bertz CT molecular complexity index is 2670. The second-order valence-electron chi connectivity index (χ2n) is 13.4. The Morgan fingerprint density at radius 3 is 2.06 bits per heavy atom. The molecular formula is C46H30N2. The smallest absolute Gasteiger partial charge is 0.0788 e. The molecule has 6 aromatic carbocycles. The van der Waals surface area contributed by atoms with Crippen LogP contribution < -0.4 is 0 Å². The number of hydrogen-bond acceptors (Lipinski definition) is 1. The molecule has 48 heavy (non-hydrogen) atoms. The molecule has 0 radical (unpaired) electrons. The first-order chi connectivity index (χ1) is 23.8. The molecule has 8 aromatic rings. The summed E-state index contributed by atoms with van der Waals surface area (Å²) < 4.78 is 0. The highest BCUT2D eigenvalue weighted by atomic mass is 14.7. The summed E-state index contributed by atoms with van der Waals surface area (Å²) in [7, 11) is 0.